The second kappa shape index (κ2) is 10.5. The Hall–Kier alpha value is -2.66. The van der Waals surface area contributed by atoms with Crippen molar-refractivity contribution in [1.82, 2.24) is 0 Å². The number of benzene rings is 2. The van der Waals surface area contributed by atoms with E-state index in [0.29, 0.717) is 31.8 Å². The second-order valence-corrected chi connectivity index (χ2v) is 6.39. The lowest BCUT2D eigenvalue weighted by atomic mass is 10.1. The van der Waals surface area contributed by atoms with Crippen molar-refractivity contribution in [3.63, 3.8) is 0 Å². The first-order chi connectivity index (χ1) is 13.0. The highest BCUT2D eigenvalue weighted by Gasteiger charge is 2.16. The number of aryl methyl sites for hydroxylation is 1. The Bertz CT molecular complexity index is 755. The maximum absolute atomic E-state index is 12.5. The maximum atomic E-state index is 12.5. The van der Waals surface area contributed by atoms with E-state index < -0.39 is 6.10 Å². The molecule has 0 fully saturated rings. The minimum absolute atomic E-state index is 0.172. The molecular weight excluding hydrogens is 342 g/mol. The molecule has 0 aromatic heterocycles. The summed E-state index contributed by atoms with van der Waals surface area (Å²) in [6, 6.07) is 15.0. The lowest BCUT2D eigenvalue weighted by Crippen LogP contribution is -2.30. The van der Waals surface area contributed by atoms with Crippen LogP contribution < -0.4 is 10.1 Å². The summed E-state index contributed by atoms with van der Waals surface area (Å²) in [7, 11) is 0. The van der Waals surface area contributed by atoms with Crippen LogP contribution in [-0.4, -0.2) is 24.4 Å². The minimum Gasteiger partial charge on any atom is -0.481 e. The van der Waals surface area contributed by atoms with Crippen LogP contribution in [0.15, 0.2) is 48.5 Å². The van der Waals surface area contributed by atoms with E-state index in [0.717, 1.165) is 16.8 Å². The second-order valence-electron chi connectivity index (χ2n) is 6.39. The first kappa shape index (κ1) is 20.6. The molecule has 2 rings (SSSR count). The van der Waals surface area contributed by atoms with E-state index in [2.05, 4.69) is 5.32 Å². The number of Topliss-reactive ketones (excluding diaryl/α,β-unsaturated/α-hetero) is 1. The van der Waals surface area contributed by atoms with Crippen molar-refractivity contribution in [3.05, 3.63) is 59.7 Å². The molecule has 2 aromatic carbocycles. The van der Waals surface area contributed by atoms with Gasteiger partial charge in [-0.25, -0.2) is 0 Å². The Labute approximate surface area is 160 Å². The molecule has 2 aromatic rings. The molecule has 5 nitrogen and oxygen atoms in total. The lowest BCUT2D eigenvalue weighted by molar-refractivity contribution is -0.122. The van der Waals surface area contributed by atoms with Gasteiger partial charge < -0.3 is 19.6 Å². The summed E-state index contributed by atoms with van der Waals surface area (Å²) in [6.45, 7) is 6.30. The molecule has 0 aliphatic heterocycles. The fourth-order valence-corrected chi connectivity index (χ4v) is 2.53. The van der Waals surface area contributed by atoms with Crippen LogP contribution in [0.4, 0.5) is 5.69 Å². The zero-order valence-electron chi connectivity index (χ0n) is 16.2. The maximum Gasteiger partial charge on any atom is 0.265 e. The van der Waals surface area contributed by atoms with Gasteiger partial charge in [0, 0.05) is 24.3 Å². The van der Waals surface area contributed by atoms with Gasteiger partial charge in [0.1, 0.15) is 11.5 Å². The molecule has 0 saturated carbocycles. The summed E-state index contributed by atoms with van der Waals surface area (Å²) >= 11 is 0. The molecule has 0 saturated heterocycles. The Kier molecular flexibility index (Phi) is 8.01. The summed E-state index contributed by atoms with van der Waals surface area (Å²) in [5, 5.41) is 2.90. The van der Waals surface area contributed by atoms with E-state index in [9.17, 15) is 9.59 Å². The SMILES string of the molecule is CCOCc1ccccc1NC(=O)C(C)Oc1ccc(CCC(C)=O)cc1. The van der Waals surface area contributed by atoms with Crippen LogP contribution >= 0.6 is 0 Å². The summed E-state index contributed by atoms with van der Waals surface area (Å²) in [5.74, 6) is 0.566. The number of hydrogen-bond donors (Lipinski definition) is 1. The predicted octanol–water partition coefficient (Wildman–Crippen LogP) is 4.15. The van der Waals surface area contributed by atoms with Crippen LogP contribution in [-0.2, 0) is 27.4 Å². The van der Waals surface area contributed by atoms with Gasteiger partial charge in [-0.2, -0.15) is 0 Å². The molecule has 1 unspecified atom stereocenters. The normalized spacial score (nSPS) is 11.7. The van der Waals surface area contributed by atoms with E-state index in [1.54, 1.807) is 13.8 Å². The zero-order chi connectivity index (χ0) is 19.6. The van der Waals surface area contributed by atoms with Gasteiger partial charge in [-0.05, 0) is 51.0 Å². The van der Waals surface area contributed by atoms with E-state index in [1.165, 1.54) is 0 Å². The first-order valence-electron chi connectivity index (χ1n) is 9.21. The Morgan fingerprint density at radius 1 is 1.07 bits per heavy atom. The predicted molar refractivity (Wildman–Crippen MR) is 106 cm³/mol. The highest BCUT2D eigenvalue weighted by molar-refractivity contribution is 5.94. The number of carbonyl (C=O) groups excluding carboxylic acids is 2. The zero-order valence-corrected chi connectivity index (χ0v) is 16.2. The van der Waals surface area contributed by atoms with Gasteiger partial charge in [0.2, 0.25) is 0 Å². The van der Waals surface area contributed by atoms with E-state index in [1.807, 2.05) is 55.5 Å². The van der Waals surface area contributed by atoms with Crippen LogP contribution in [0.5, 0.6) is 5.75 Å². The molecule has 1 atom stereocenters. The first-order valence-corrected chi connectivity index (χ1v) is 9.21. The van der Waals surface area contributed by atoms with Gasteiger partial charge in [0.15, 0.2) is 6.10 Å². The number of anilines is 1. The monoisotopic (exact) mass is 369 g/mol. The van der Waals surface area contributed by atoms with Gasteiger partial charge in [-0.1, -0.05) is 30.3 Å². The van der Waals surface area contributed by atoms with Crippen molar-refractivity contribution in [2.75, 3.05) is 11.9 Å². The number of ether oxygens (including phenoxy) is 2. The molecule has 0 aliphatic carbocycles. The van der Waals surface area contributed by atoms with E-state index >= 15 is 0 Å². The van der Waals surface area contributed by atoms with Gasteiger partial charge in [-0.3, -0.25) is 4.79 Å². The molecule has 0 radical (unpaired) electrons. The van der Waals surface area contributed by atoms with Gasteiger partial charge >= 0.3 is 0 Å². The number of rotatable bonds is 10. The molecule has 0 spiro atoms. The van der Waals surface area contributed by atoms with Crippen molar-refractivity contribution in [3.8, 4) is 5.75 Å². The number of carbonyl (C=O) groups is 2. The average Bonchev–Trinajstić information content (AvgIpc) is 2.66. The number of hydrogen-bond acceptors (Lipinski definition) is 4. The quantitative estimate of drug-likeness (QED) is 0.683. The lowest BCUT2D eigenvalue weighted by Gasteiger charge is -2.17. The Morgan fingerprint density at radius 2 is 1.78 bits per heavy atom. The standard InChI is InChI=1S/C22H27NO4/c1-4-26-15-19-7-5-6-8-21(19)23-22(25)17(3)27-20-13-11-18(12-14-20)10-9-16(2)24/h5-8,11-14,17H,4,9-10,15H2,1-3H3,(H,23,25). The van der Waals surface area contributed by atoms with Crippen LogP contribution in [0.25, 0.3) is 0 Å². The van der Waals surface area contributed by atoms with E-state index in [-0.39, 0.29) is 11.7 Å². The molecular formula is C22H27NO4. The van der Waals surface area contributed by atoms with Crippen molar-refractivity contribution >= 4 is 17.4 Å². The summed E-state index contributed by atoms with van der Waals surface area (Å²) in [4.78, 5) is 23.5. The molecule has 5 heteroatoms. The largest absolute Gasteiger partial charge is 0.481 e. The third-order valence-electron chi connectivity index (χ3n) is 4.11. The summed E-state index contributed by atoms with van der Waals surface area (Å²) in [6.07, 6.45) is 0.593. The molecule has 1 amide bonds. The minimum atomic E-state index is -0.645. The van der Waals surface area contributed by atoms with Crippen molar-refractivity contribution in [2.45, 2.75) is 46.3 Å². The fraction of sp³-hybridized carbons (Fsp3) is 0.364. The highest BCUT2D eigenvalue weighted by Crippen LogP contribution is 2.18. The molecule has 0 aliphatic rings. The van der Waals surface area contributed by atoms with Crippen molar-refractivity contribution in [2.24, 2.45) is 0 Å². The average molecular weight is 369 g/mol. The smallest absolute Gasteiger partial charge is 0.265 e. The third kappa shape index (κ3) is 6.87. The van der Waals surface area contributed by atoms with Crippen LogP contribution in [0, 0.1) is 0 Å². The Morgan fingerprint density at radius 3 is 2.44 bits per heavy atom. The summed E-state index contributed by atoms with van der Waals surface area (Å²) < 4.78 is 11.2. The molecule has 1 N–H and O–H groups in total. The summed E-state index contributed by atoms with van der Waals surface area (Å²) in [5.41, 5.74) is 2.72. The van der Waals surface area contributed by atoms with E-state index in [4.69, 9.17) is 9.47 Å². The van der Waals surface area contributed by atoms with Crippen LogP contribution in [0.1, 0.15) is 38.3 Å². The molecule has 0 heterocycles. The van der Waals surface area contributed by atoms with Gasteiger partial charge in [0.05, 0.1) is 6.61 Å². The van der Waals surface area contributed by atoms with Gasteiger partial charge in [-0.15, -0.1) is 0 Å². The van der Waals surface area contributed by atoms with Crippen molar-refractivity contribution < 1.29 is 19.1 Å². The third-order valence-corrected chi connectivity index (χ3v) is 4.11. The fourth-order valence-electron chi connectivity index (χ4n) is 2.53. The Balaban J connectivity index is 1.93. The molecule has 27 heavy (non-hydrogen) atoms. The van der Waals surface area contributed by atoms with Crippen LogP contribution in [0.2, 0.25) is 0 Å². The highest BCUT2D eigenvalue weighted by atomic mass is 16.5. The number of ketones is 1. The number of amides is 1. The topological polar surface area (TPSA) is 64.6 Å². The molecule has 0 bridgehead atoms. The number of nitrogens with one attached hydrogen (secondary N) is 1. The molecule has 144 valence electrons. The van der Waals surface area contributed by atoms with Gasteiger partial charge in [0.25, 0.3) is 5.91 Å². The van der Waals surface area contributed by atoms with Crippen molar-refractivity contribution in [1.29, 1.82) is 0 Å². The van der Waals surface area contributed by atoms with Crippen LogP contribution in [0.3, 0.4) is 0 Å². The number of para-hydroxylation sites is 1.